The van der Waals surface area contributed by atoms with E-state index in [9.17, 15) is 0 Å². The molecule has 1 aliphatic rings. The summed E-state index contributed by atoms with van der Waals surface area (Å²) in [7, 11) is 2.20. The van der Waals surface area contributed by atoms with Gasteiger partial charge in [-0.15, -0.1) is 0 Å². The Labute approximate surface area is 114 Å². The maximum absolute atomic E-state index is 5.67. The average Bonchev–Trinajstić information content (AvgIpc) is 3.02. The van der Waals surface area contributed by atoms with E-state index in [2.05, 4.69) is 42.2 Å². The highest BCUT2D eigenvalue weighted by Gasteiger charge is 2.18. The van der Waals surface area contributed by atoms with E-state index < -0.39 is 0 Å². The Morgan fingerprint density at radius 3 is 3.05 bits per heavy atom. The zero-order valence-corrected chi connectivity index (χ0v) is 11.8. The normalized spacial score (nSPS) is 14.1. The summed E-state index contributed by atoms with van der Waals surface area (Å²) in [5, 5.41) is 1.40. The molecule has 0 spiro atoms. The number of aromatic nitrogens is 1. The summed E-state index contributed by atoms with van der Waals surface area (Å²) in [6, 6.07) is 4.23. The largest absolute Gasteiger partial charge is 0.493 e. The molecule has 0 saturated carbocycles. The monoisotopic (exact) mass is 258 g/mol. The van der Waals surface area contributed by atoms with Crippen LogP contribution in [-0.2, 0) is 12.8 Å². The minimum absolute atomic E-state index is 0.828. The van der Waals surface area contributed by atoms with E-state index in [4.69, 9.17) is 4.74 Å². The second kappa shape index (κ2) is 5.25. The molecule has 0 amide bonds. The number of ether oxygens (including phenoxy) is 1. The number of fused-ring (bicyclic) bond motifs is 3. The number of nitrogens with zero attached hydrogens (tertiary/aromatic N) is 1. The van der Waals surface area contributed by atoms with Crippen molar-refractivity contribution < 1.29 is 4.74 Å². The summed E-state index contributed by atoms with van der Waals surface area (Å²) >= 11 is 0. The van der Waals surface area contributed by atoms with Gasteiger partial charge in [0.15, 0.2) is 0 Å². The number of rotatable bonds is 5. The summed E-state index contributed by atoms with van der Waals surface area (Å²) in [5.74, 6) is 1.08. The lowest BCUT2D eigenvalue weighted by molar-refractivity contribution is 0.339. The number of hydrogen-bond donors (Lipinski definition) is 1. The molecule has 19 heavy (non-hydrogen) atoms. The molecular weight excluding hydrogens is 236 g/mol. The van der Waals surface area contributed by atoms with Crippen LogP contribution in [0.15, 0.2) is 18.3 Å². The predicted octanol–water partition coefficient (Wildman–Crippen LogP) is 2.99. The molecular formula is C16H22N2O. The Kier molecular flexibility index (Phi) is 3.47. The fourth-order valence-corrected chi connectivity index (χ4v) is 3.00. The summed E-state index contributed by atoms with van der Waals surface area (Å²) in [5.41, 5.74) is 4.07. The quantitative estimate of drug-likeness (QED) is 0.893. The van der Waals surface area contributed by atoms with Gasteiger partial charge in [0.1, 0.15) is 5.75 Å². The van der Waals surface area contributed by atoms with Crippen molar-refractivity contribution in [2.75, 3.05) is 26.7 Å². The number of likely N-dealkylation sites (N-methyl/N-ethyl adjacent to an activating group) is 1. The summed E-state index contributed by atoms with van der Waals surface area (Å²) in [4.78, 5) is 5.80. The van der Waals surface area contributed by atoms with Crippen molar-refractivity contribution in [3.8, 4) is 5.75 Å². The third-order valence-corrected chi connectivity index (χ3v) is 3.97. The van der Waals surface area contributed by atoms with Crippen LogP contribution in [0.3, 0.4) is 0 Å². The third-order valence-electron chi connectivity index (χ3n) is 3.97. The Bertz CT molecular complexity index is 573. The molecule has 1 aromatic heterocycles. The van der Waals surface area contributed by atoms with E-state index in [1.165, 1.54) is 35.0 Å². The lowest BCUT2D eigenvalue weighted by Crippen LogP contribution is -2.21. The summed E-state index contributed by atoms with van der Waals surface area (Å²) in [6.45, 7) is 5.34. The Morgan fingerprint density at radius 1 is 1.32 bits per heavy atom. The third kappa shape index (κ3) is 2.35. The maximum Gasteiger partial charge on any atom is 0.123 e. The van der Waals surface area contributed by atoms with Gasteiger partial charge in [-0.05, 0) is 44.1 Å². The van der Waals surface area contributed by atoms with E-state index in [-0.39, 0.29) is 0 Å². The number of aromatic amines is 1. The molecule has 1 aromatic carbocycles. The molecule has 0 radical (unpaired) electrons. The van der Waals surface area contributed by atoms with E-state index in [1.807, 2.05) is 0 Å². The highest BCUT2D eigenvalue weighted by molar-refractivity contribution is 5.89. The van der Waals surface area contributed by atoms with Crippen LogP contribution in [0, 0.1) is 0 Å². The average molecular weight is 258 g/mol. The number of H-pyrrole nitrogens is 1. The second-order valence-corrected chi connectivity index (χ2v) is 5.43. The van der Waals surface area contributed by atoms with Crippen molar-refractivity contribution in [2.24, 2.45) is 0 Å². The first kappa shape index (κ1) is 12.5. The van der Waals surface area contributed by atoms with Gasteiger partial charge >= 0.3 is 0 Å². The highest BCUT2D eigenvalue weighted by Crippen LogP contribution is 2.34. The molecule has 0 aliphatic carbocycles. The van der Waals surface area contributed by atoms with Gasteiger partial charge in [0.05, 0.1) is 6.61 Å². The highest BCUT2D eigenvalue weighted by atomic mass is 16.5. The number of hydrogen-bond acceptors (Lipinski definition) is 2. The molecule has 0 saturated heterocycles. The van der Waals surface area contributed by atoms with Crippen molar-refractivity contribution >= 4 is 10.9 Å². The fourth-order valence-electron chi connectivity index (χ4n) is 3.00. The predicted molar refractivity (Wildman–Crippen MR) is 79.0 cm³/mol. The van der Waals surface area contributed by atoms with Crippen molar-refractivity contribution in [1.29, 1.82) is 0 Å². The van der Waals surface area contributed by atoms with Crippen LogP contribution in [0.5, 0.6) is 5.75 Å². The van der Waals surface area contributed by atoms with Gasteiger partial charge in [-0.2, -0.15) is 0 Å². The van der Waals surface area contributed by atoms with Crippen LogP contribution >= 0.6 is 0 Å². The van der Waals surface area contributed by atoms with Gasteiger partial charge in [0.2, 0.25) is 0 Å². The van der Waals surface area contributed by atoms with E-state index in [0.29, 0.717) is 0 Å². The first-order valence-corrected chi connectivity index (χ1v) is 7.22. The summed E-state index contributed by atoms with van der Waals surface area (Å²) < 4.78 is 5.67. The lowest BCUT2D eigenvalue weighted by atomic mass is 10.0. The van der Waals surface area contributed by atoms with Crippen LogP contribution in [0.4, 0.5) is 0 Å². The molecule has 0 fully saturated rings. The zero-order valence-electron chi connectivity index (χ0n) is 11.8. The van der Waals surface area contributed by atoms with E-state index >= 15 is 0 Å². The van der Waals surface area contributed by atoms with Crippen LogP contribution in [0.25, 0.3) is 10.9 Å². The topological polar surface area (TPSA) is 28.3 Å². The maximum atomic E-state index is 5.67. The van der Waals surface area contributed by atoms with Crippen LogP contribution in [0.1, 0.15) is 24.5 Å². The van der Waals surface area contributed by atoms with Crippen LogP contribution < -0.4 is 4.74 Å². The molecule has 3 heteroatoms. The molecule has 3 nitrogen and oxygen atoms in total. The number of nitrogens with one attached hydrogen (secondary N) is 1. The van der Waals surface area contributed by atoms with Crippen molar-refractivity contribution in [2.45, 2.75) is 26.2 Å². The van der Waals surface area contributed by atoms with Gasteiger partial charge in [-0.1, -0.05) is 6.92 Å². The molecule has 102 valence electrons. The molecule has 0 atom stereocenters. The first-order valence-electron chi connectivity index (χ1n) is 7.22. The number of benzene rings is 1. The Hall–Kier alpha value is -1.48. The molecule has 0 unspecified atom stereocenters. The lowest BCUT2D eigenvalue weighted by Gasteiger charge is -2.15. The smallest absolute Gasteiger partial charge is 0.123 e. The van der Waals surface area contributed by atoms with E-state index in [1.54, 1.807) is 0 Å². The van der Waals surface area contributed by atoms with Gasteiger partial charge in [0, 0.05) is 35.6 Å². The minimum Gasteiger partial charge on any atom is -0.493 e. The fraction of sp³-hybridized carbons (Fsp3) is 0.500. The minimum atomic E-state index is 0.828. The van der Waals surface area contributed by atoms with Gasteiger partial charge < -0.3 is 14.6 Å². The summed E-state index contributed by atoms with van der Waals surface area (Å²) in [6.07, 6.45) is 5.53. The molecule has 0 bridgehead atoms. The molecule has 3 rings (SSSR count). The van der Waals surface area contributed by atoms with Crippen molar-refractivity contribution in [1.82, 2.24) is 9.88 Å². The molecule has 1 N–H and O–H groups in total. The Balaban J connectivity index is 1.86. The standard InChI is InChI=1S/C16H22N2O/c1-3-8-18(2)9-6-12-11-17-14-4-5-15-13(16(12)14)7-10-19-15/h4-5,11,17H,3,6-10H2,1-2H3. The SMILES string of the molecule is CCCN(C)CCc1c[nH]c2ccc3c(c12)CCO3. The molecule has 2 aromatic rings. The first-order chi connectivity index (χ1) is 9.29. The van der Waals surface area contributed by atoms with Crippen LogP contribution in [0.2, 0.25) is 0 Å². The van der Waals surface area contributed by atoms with E-state index in [0.717, 1.165) is 31.7 Å². The molecule has 2 heterocycles. The van der Waals surface area contributed by atoms with Crippen LogP contribution in [-0.4, -0.2) is 36.6 Å². The second-order valence-electron chi connectivity index (χ2n) is 5.43. The van der Waals surface area contributed by atoms with Crippen molar-refractivity contribution in [3.63, 3.8) is 0 Å². The van der Waals surface area contributed by atoms with Crippen molar-refractivity contribution in [3.05, 3.63) is 29.5 Å². The van der Waals surface area contributed by atoms with Gasteiger partial charge in [0.25, 0.3) is 0 Å². The molecule has 1 aliphatic heterocycles. The van der Waals surface area contributed by atoms with Gasteiger partial charge in [-0.3, -0.25) is 0 Å². The van der Waals surface area contributed by atoms with Gasteiger partial charge in [-0.25, -0.2) is 0 Å². The Morgan fingerprint density at radius 2 is 2.21 bits per heavy atom. The zero-order chi connectivity index (χ0) is 13.2.